The molecule has 0 fully saturated rings. The fourth-order valence-electron chi connectivity index (χ4n) is 3.61. The lowest BCUT2D eigenvalue weighted by Gasteiger charge is -2.13. The number of hydrogen-bond donors (Lipinski definition) is 4. The van der Waals surface area contributed by atoms with Gasteiger partial charge >= 0.3 is 0 Å². The van der Waals surface area contributed by atoms with Crippen LogP contribution in [0.5, 0.6) is 5.88 Å². The predicted molar refractivity (Wildman–Crippen MR) is 137 cm³/mol. The fraction of sp³-hybridized carbons (Fsp3) is 0.231. The molecule has 0 saturated carbocycles. The summed E-state index contributed by atoms with van der Waals surface area (Å²) in [6, 6.07) is 12.5. The Morgan fingerprint density at radius 1 is 1.17 bits per heavy atom. The number of nitrogens with zero attached hydrogens (tertiary/aromatic N) is 2. The maximum atomic E-state index is 13.1. The number of aromatic nitrogens is 3. The van der Waals surface area contributed by atoms with E-state index in [1.165, 1.54) is 18.3 Å². The Balaban J connectivity index is 1.57. The van der Waals surface area contributed by atoms with Crippen LogP contribution in [-0.4, -0.2) is 52.2 Å². The van der Waals surface area contributed by atoms with Crippen molar-refractivity contribution in [1.82, 2.24) is 25.8 Å². The van der Waals surface area contributed by atoms with Gasteiger partial charge < -0.3 is 20.5 Å². The number of H-pyrrole nitrogens is 1. The van der Waals surface area contributed by atoms with Crippen LogP contribution < -0.4 is 15.4 Å². The molecule has 9 nitrogen and oxygen atoms in total. The van der Waals surface area contributed by atoms with E-state index in [0.717, 1.165) is 0 Å². The van der Waals surface area contributed by atoms with Crippen LogP contribution in [0.4, 0.5) is 0 Å². The van der Waals surface area contributed by atoms with Crippen molar-refractivity contribution in [2.24, 2.45) is 0 Å². The van der Waals surface area contributed by atoms with Crippen molar-refractivity contribution in [2.45, 2.75) is 19.4 Å². The minimum atomic E-state index is -3.11. The molecule has 0 spiro atoms. The Bertz CT molecular complexity index is 1680. The highest BCUT2D eigenvalue weighted by Gasteiger charge is 2.18. The molecule has 4 N–H and O–H groups in total. The van der Waals surface area contributed by atoms with E-state index in [9.17, 15) is 14.7 Å². The number of amides is 2. The van der Waals surface area contributed by atoms with Gasteiger partial charge in [0.1, 0.15) is 5.56 Å². The van der Waals surface area contributed by atoms with Crippen LogP contribution >= 0.6 is 11.6 Å². The zero-order valence-corrected chi connectivity index (χ0v) is 19.4. The Kier molecular flexibility index (Phi) is 5.18. The highest BCUT2D eigenvalue weighted by molar-refractivity contribution is 6.30. The first-order chi connectivity index (χ1) is 20.4. The van der Waals surface area contributed by atoms with E-state index in [-0.39, 0.29) is 29.6 Å². The van der Waals surface area contributed by atoms with Crippen LogP contribution in [-0.2, 0) is 0 Å². The first-order valence-electron chi connectivity index (χ1n) is 14.7. The fourth-order valence-corrected chi connectivity index (χ4v) is 3.74. The molecule has 10 heteroatoms. The van der Waals surface area contributed by atoms with Crippen molar-refractivity contribution in [3.05, 3.63) is 76.6 Å². The second kappa shape index (κ2) is 11.2. The van der Waals surface area contributed by atoms with Crippen LogP contribution in [0.1, 0.15) is 56.8 Å². The number of halogens is 1. The number of rotatable bonds is 9. The van der Waals surface area contributed by atoms with E-state index in [0.29, 0.717) is 27.2 Å². The number of carbonyl (C=O) groups excluding carboxylic acids is 2. The molecule has 2 heterocycles. The summed E-state index contributed by atoms with van der Waals surface area (Å²) in [6.45, 7) is -6.07. The maximum absolute atomic E-state index is 13.1. The minimum Gasteiger partial charge on any atom is -0.480 e. The standard InChI is InChI=1S/C26H26ClN5O4/c1-3-28-25(35)23-19-9-6-16(13-21(19)31-32-23)17-12-20(26(36-2)30-14-17)24(34)29-11-10-22(33)15-4-7-18(27)8-5-15/h4-9,12-14,22,33H,3,10-11H2,1-2H3,(H,28,35)(H,29,34)(H,31,32)/t22-/m0/s1/i1D3,2D3,3D2. The first-order valence-corrected chi connectivity index (χ1v) is 11.0. The van der Waals surface area contributed by atoms with Crippen molar-refractivity contribution >= 4 is 34.3 Å². The lowest BCUT2D eigenvalue weighted by molar-refractivity contribution is 0.0934. The highest BCUT2D eigenvalue weighted by Crippen LogP contribution is 2.28. The first kappa shape index (κ1) is 16.7. The van der Waals surface area contributed by atoms with E-state index in [2.05, 4.69) is 20.5 Å². The van der Waals surface area contributed by atoms with E-state index >= 15 is 0 Å². The molecular weight excluding hydrogens is 482 g/mol. The molecule has 0 radical (unpaired) electrons. The quantitative estimate of drug-likeness (QED) is 0.267. The van der Waals surface area contributed by atoms with Gasteiger partial charge in [-0.3, -0.25) is 14.7 Å². The summed E-state index contributed by atoms with van der Waals surface area (Å²) in [4.78, 5) is 29.8. The summed E-state index contributed by atoms with van der Waals surface area (Å²) in [7, 11) is -2.89. The number of aliphatic hydroxyl groups is 1. The molecule has 36 heavy (non-hydrogen) atoms. The molecule has 0 aliphatic carbocycles. The SMILES string of the molecule is [2H]C([2H])([2H])Oc1ncc(-c2ccc3c(C(=O)NC([2H])([2H])C([2H])([2H])[2H])n[nH]c3c2)cc1C(=O)NCC[C@H](O)c1ccc(Cl)cc1. The third-order valence-electron chi connectivity index (χ3n) is 5.44. The number of fused-ring (bicyclic) bond motifs is 1. The summed E-state index contributed by atoms with van der Waals surface area (Å²) in [5.74, 6) is -2.18. The van der Waals surface area contributed by atoms with Gasteiger partial charge in [0.2, 0.25) is 5.88 Å². The number of benzene rings is 2. The third kappa shape index (κ3) is 5.48. The van der Waals surface area contributed by atoms with Crippen LogP contribution in [0.15, 0.2) is 54.7 Å². The van der Waals surface area contributed by atoms with Gasteiger partial charge in [0.05, 0.1) is 22.8 Å². The molecule has 0 saturated heterocycles. The molecule has 2 aromatic heterocycles. The predicted octanol–water partition coefficient (Wildman–Crippen LogP) is 3.89. The van der Waals surface area contributed by atoms with Crippen molar-refractivity contribution in [1.29, 1.82) is 0 Å². The number of pyridine rings is 1. The zero-order chi connectivity index (χ0) is 32.4. The number of ether oxygens (including phenoxy) is 1. The summed E-state index contributed by atoms with van der Waals surface area (Å²) in [5, 5.41) is 22.2. The normalized spacial score (nSPS) is 16.2. The Hall–Kier alpha value is -3.95. The molecule has 0 aliphatic heterocycles. The maximum Gasteiger partial charge on any atom is 0.272 e. The number of hydrogen-bond acceptors (Lipinski definition) is 6. The summed E-state index contributed by atoms with van der Waals surface area (Å²) in [6.07, 6.45) is 0.546. The van der Waals surface area contributed by atoms with Gasteiger partial charge in [-0.25, -0.2) is 4.98 Å². The topological polar surface area (TPSA) is 129 Å². The lowest BCUT2D eigenvalue weighted by atomic mass is 10.0. The Morgan fingerprint density at radius 3 is 2.78 bits per heavy atom. The largest absolute Gasteiger partial charge is 0.480 e. The smallest absolute Gasteiger partial charge is 0.272 e. The molecule has 186 valence electrons. The summed E-state index contributed by atoms with van der Waals surface area (Å²) in [5.41, 5.74) is 1.36. The van der Waals surface area contributed by atoms with Crippen LogP contribution in [0.3, 0.4) is 0 Å². The average molecular weight is 516 g/mol. The molecule has 4 rings (SSSR count). The van der Waals surface area contributed by atoms with Crippen molar-refractivity contribution in [3.8, 4) is 17.0 Å². The monoisotopic (exact) mass is 515 g/mol. The second-order valence-corrected chi connectivity index (χ2v) is 8.14. The molecule has 1 atom stereocenters. The summed E-state index contributed by atoms with van der Waals surface area (Å²) < 4.78 is 64.4. The molecule has 0 unspecified atom stereocenters. The molecule has 2 amide bonds. The van der Waals surface area contributed by atoms with Gasteiger partial charge in [-0.2, -0.15) is 5.10 Å². The van der Waals surface area contributed by atoms with Gasteiger partial charge in [-0.1, -0.05) is 29.8 Å². The van der Waals surface area contributed by atoms with Gasteiger partial charge in [-0.15, -0.1) is 0 Å². The van der Waals surface area contributed by atoms with Crippen LogP contribution in [0.2, 0.25) is 5.02 Å². The van der Waals surface area contributed by atoms with Crippen molar-refractivity contribution in [2.75, 3.05) is 20.1 Å². The number of nitrogens with one attached hydrogen (secondary N) is 3. The van der Waals surface area contributed by atoms with Crippen LogP contribution in [0.25, 0.3) is 22.0 Å². The van der Waals surface area contributed by atoms with Gasteiger partial charge in [0, 0.05) is 42.1 Å². The highest BCUT2D eigenvalue weighted by atomic mass is 35.5. The van der Waals surface area contributed by atoms with Gasteiger partial charge in [0.15, 0.2) is 5.69 Å². The molecule has 0 bridgehead atoms. The van der Waals surface area contributed by atoms with Crippen molar-refractivity contribution < 1.29 is 30.4 Å². The van der Waals surface area contributed by atoms with E-state index in [4.69, 9.17) is 27.3 Å². The van der Waals surface area contributed by atoms with E-state index < -0.39 is 44.2 Å². The molecular formula is C26H26ClN5O4. The van der Waals surface area contributed by atoms with E-state index in [1.54, 1.807) is 36.4 Å². The third-order valence-corrected chi connectivity index (χ3v) is 5.69. The van der Waals surface area contributed by atoms with Crippen molar-refractivity contribution in [3.63, 3.8) is 0 Å². The van der Waals surface area contributed by atoms with Crippen LogP contribution in [0, 0.1) is 0 Å². The number of aliphatic hydroxyl groups excluding tert-OH is 1. The number of carbonyl (C=O) groups is 2. The van der Waals surface area contributed by atoms with E-state index in [1.807, 2.05) is 5.32 Å². The Labute approximate surface area is 224 Å². The molecule has 0 aliphatic rings. The lowest BCUT2D eigenvalue weighted by Crippen LogP contribution is -2.26. The molecule has 2 aromatic carbocycles. The molecule has 4 aromatic rings. The average Bonchev–Trinajstić information content (AvgIpc) is 3.35. The number of methoxy groups -OCH3 is 1. The van der Waals surface area contributed by atoms with Gasteiger partial charge in [0.25, 0.3) is 11.8 Å². The minimum absolute atomic E-state index is 0.0324. The Morgan fingerprint density at radius 2 is 2.00 bits per heavy atom. The van der Waals surface area contributed by atoms with Gasteiger partial charge in [-0.05, 0) is 54.7 Å². The number of aromatic amines is 1. The zero-order valence-electron chi connectivity index (χ0n) is 26.6. The second-order valence-electron chi connectivity index (χ2n) is 7.70. The summed E-state index contributed by atoms with van der Waals surface area (Å²) >= 11 is 5.88.